The van der Waals surface area contributed by atoms with E-state index in [0.29, 0.717) is 29.5 Å². The minimum Gasteiger partial charge on any atom is -0.481 e. The van der Waals surface area contributed by atoms with Gasteiger partial charge >= 0.3 is 0 Å². The number of carbonyl (C=O) groups excluding carboxylic acids is 1. The molecule has 2 rings (SSSR count). The fraction of sp³-hybridized carbons (Fsp3) is 0.500. The van der Waals surface area contributed by atoms with E-state index in [4.69, 9.17) is 10.5 Å². The normalized spacial score (nSPS) is 12.6. The molecular formula is C14H21N5O2. The Morgan fingerprint density at radius 1 is 1.38 bits per heavy atom. The quantitative estimate of drug-likeness (QED) is 0.867. The number of rotatable bonds is 5. The molecule has 0 saturated heterocycles. The first kappa shape index (κ1) is 15.1. The first-order chi connectivity index (χ1) is 9.93. The van der Waals surface area contributed by atoms with E-state index in [1.54, 1.807) is 23.6 Å². The van der Waals surface area contributed by atoms with Crippen LogP contribution in [-0.2, 0) is 4.79 Å². The maximum absolute atomic E-state index is 12.2. The minimum atomic E-state index is -0.492. The van der Waals surface area contributed by atoms with Crippen molar-refractivity contribution in [3.63, 3.8) is 0 Å². The van der Waals surface area contributed by atoms with Crippen molar-refractivity contribution in [2.75, 3.05) is 19.4 Å². The Kier molecular flexibility index (Phi) is 4.30. The van der Waals surface area contributed by atoms with Crippen molar-refractivity contribution in [3.8, 4) is 5.88 Å². The summed E-state index contributed by atoms with van der Waals surface area (Å²) in [5.41, 5.74) is 7.11. The van der Waals surface area contributed by atoms with Gasteiger partial charge in [0.25, 0.3) is 0 Å². The Morgan fingerprint density at radius 3 is 2.71 bits per heavy atom. The number of hydrogen-bond acceptors (Lipinski definition) is 5. The van der Waals surface area contributed by atoms with E-state index in [0.717, 1.165) is 0 Å². The molecule has 114 valence electrons. The fourth-order valence-corrected chi connectivity index (χ4v) is 2.04. The predicted molar refractivity (Wildman–Crippen MR) is 81.1 cm³/mol. The van der Waals surface area contributed by atoms with E-state index in [2.05, 4.69) is 15.3 Å². The molecule has 3 N–H and O–H groups in total. The van der Waals surface area contributed by atoms with Gasteiger partial charge in [-0.05, 0) is 18.9 Å². The van der Waals surface area contributed by atoms with Crippen molar-refractivity contribution in [2.24, 2.45) is 5.92 Å². The molecule has 7 nitrogen and oxygen atoms in total. The van der Waals surface area contributed by atoms with E-state index in [1.165, 1.54) is 7.11 Å². The lowest BCUT2D eigenvalue weighted by atomic mass is 10.2. The van der Waals surface area contributed by atoms with Crippen LogP contribution in [0.1, 0.15) is 26.8 Å². The number of ether oxygens (including phenoxy) is 1. The number of imidazole rings is 1. The molecule has 2 aromatic rings. The second-order valence-electron chi connectivity index (χ2n) is 5.35. The number of nitrogens with one attached hydrogen (secondary N) is 1. The number of hydrogen-bond donors (Lipinski definition) is 2. The molecule has 0 aromatic carbocycles. The van der Waals surface area contributed by atoms with E-state index >= 15 is 0 Å². The summed E-state index contributed by atoms with van der Waals surface area (Å²) in [6.45, 7) is 6.47. The highest BCUT2D eigenvalue weighted by atomic mass is 16.5. The summed E-state index contributed by atoms with van der Waals surface area (Å²) in [5.74, 6) is 0.993. The first-order valence-electron chi connectivity index (χ1n) is 6.90. The lowest BCUT2D eigenvalue weighted by Crippen LogP contribution is -2.33. The van der Waals surface area contributed by atoms with Gasteiger partial charge in [0.2, 0.25) is 17.7 Å². The molecule has 0 aliphatic heterocycles. The molecular weight excluding hydrogens is 270 g/mol. The second-order valence-corrected chi connectivity index (χ2v) is 5.35. The molecule has 0 saturated carbocycles. The zero-order valence-corrected chi connectivity index (χ0v) is 12.8. The Labute approximate surface area is 123 Å². The molecule has 0 spiro atoms. The summed E-state index contributed by atoms with van der Waals surface area (Å²) in [7, 11) is 1.54. The summed E-state index contributed by atoms with van der Waals surface area (Å²) in [6, 6.07) is 2.99. The van der Waals surface area contributed by atoms with Crippen LogP contribution in [0, 0.1) is 5.92 Å². The van der Waals surface area contributed by atoms with Gasteiger partial charge in [-0.2, -0.15) is 4.98 Å². The van der Waals surface area contributed by atoms with Crippen LogP contribution >= 0.6 is 0 Å². The highest BCUT2D eigenvalue weighted by molar-refractivity contribution is 5.84. The van der Waals surface area contributed by atoms with E-state index in [9.17, 15) is 4.79 Å². The van der Waals surface area contributed by atoms with Crippen LogP contribution in [0.5, 0.6) is 5.88 Å². The first-order valence-corrected chi connectivity index (χ1v) is 6.90. The number of fused-ring (bicyclic) bond motifs is 1. The number of aromatic nitrogens is 3. The monoisotopic (exact) mass is 291 g/mol. The molecule has 0 fully saturated rings. The molecule has 2 heterocycles. The third-order valence-electron chi connectivity index (χ3n) is 3.20. The SMILES string of the molecule is COc1ccc2nc(N)n(C(C)C(=O)NCC(C)C)c2n1. The smallest absolute Gasteiger partial charge is 0.242 e. The third kappa shape index (κ3) is 3.07. The van der Waals surface area contributed by atoms with Crippen molar-refractivity contribution in [1.29, 1.82) is 0 Å². The molecule has 1 atom stereocenters. The topological polar surface area (TPSA) is 95.1 Å². The van der Waals surface area contributed by atoms with Crippen LogP contribution in [0.25, 0.3) is 11.2 Å². The van der Waals surface area contributed by atoms with Gasteiger partial charge in [-0.15, -0.1) is 0 Å². The van der Waals surface area contributed by atoms with Crippen LogP contribution in [0.15, 0.2) is 12.1 Å². The molecule has 21 heavy (non-hydrogen) atoms. The lowest BCUT2D eigenvalue weighted by Gasteiger charge is -2.16. The van der Waals surface area contributed by atoms with E-state index in [-0.39, 0.29) is 11.9 Å². The Hall–Kier alpha value is -2.31. The van der Waals surface area contributed by atoms with Gasteiger partial charge in [-0.1, -0.05) is 13.8 Å². The number of anilines is 1. The Bertz CT molecular complexity index is 650. The average Bonchev–Trinajstić information content (AvgIpc) is 2.78. The Balaban J connectivity index is 2.35. The number of nitrogens with two attached hydrogens (primary N) is 1. The van der Waals surface area contributed by atoms with Gasteiger partial charge in [0.15, 0.2) is 5.65 Å². The van der Waals surface area contributed by atoms with Gasteiger partial charge in [-0.25, -0.2) is 4.98 Å². The van der Waals surface area contributed by atoms with Gasteiger partial charge in [0.1, 0.15) is 11.6 Å². The number of carbonyl (C=O) groups is 1. The highest BCUT2D eigenvalue weighted by Crippen LogP contribution is 2.23. The summed E-state index contributed by atoms with van der Waals surface area (Å²) in [5, 5.41) is 2.89. The number of nitrogen functional groups attached to an aromatic ring is 1. The lowest BCUT2D eigenvalue weighted by molar-refractivity contribution is -0.123. The zero-order valence-electron chi connectivity index (χ0n) is 12.8. The van der Waals surface area contributed by atoms with Crippen LogP contribution in [0.3, 0.4) is 0 Å². The van der Waals surface area contributed by atoms with E-state index < -0.39 is 6.04 Å². The van der Waals surface area contributed by atoms with Crippen molar-refractivity contribution in [3.05, 3.63) is 12.1 Å². The maximum Gasteiger partial charge on any atom is 0.242 e. The van der Waals surface area contributed by atoms with Crippen molar-refractivity contribution < 1.29 is 9.53 Å². The van der Waals surface area contributed by atoms with Crippen LogP contribution in [0.2, 0.25) is 0 Å². The summed E-state index contributed by atoms with van der Waals surface area (Å²) in [6.07, 6.45) is 0. The fourth-order valence-electron chi connectivity index (χ4n) is 2.04. The predicted octanol–water partition coefficient (Wildman–Crippen LogP) is 1.36. The molecule has 2 aromatic heterocycles. The van der Waals surface area contributed by atoms with E-state index in [1.807, 2.05) is 13.8 Å². The van der Waals surface area contributed by atoms with Crippen molar-refractivity contribution in [2.45, 2.75) is 26.8 Å². The van der Waals surface area contributed by atoms with Crippen LogP contribution < -0.4 is 15.8 Å². The van der Waals surface area contributed by atoms with Gasteiger partial charge in [0, 0.05) is 12.6 Å². The standard InChI is InChI=1S/C14H21N5O2/c1-8(2)7-16-13(20)9(3)19-12-10(17-14(19)15)5-6-11(18-12)21-4/h5-6,8-9H,7H2,1-4H3,(H2,15,17)(H,16,20). The second kappa shape index (κ2) is 5.99. The number of nitrogens with zero attached hydrogens (tertiary/aromatic N) is 3. The van der Waals surface area contributed by atoms with Gasteiger partial charge < -0.3 is 15.8 Å². The van der Waals surface area contributed by atoms with Crippen LogP contribution in [0.4, 0.5) is 5.95 Å². The maximum atomic E-state index is 12.2. The number of pyridine rings is 1. The Morgan fingerprint density at radius 2 is 2.10 bits per heavy atom. The van der Waals surface area contributed by atoms with Crippen molar-refractivity contribution >= 4 is 23.0 Å². The van der Waals surface area contributed by atoms with Gasteiger partial charge in [-0.3, -0.25) is 9.36 Å². The molecule has 0 bridgehead atoms. The van der Waals surface area contributed by atoms with Crippen LogP contribution in [-0.4, -0.2) is 34.1 Å². The molecule has 0 aliphatic carbocycles. The molecule has 0 aliphatic rings. The summed E-state index contributed by atoms with van der Waals surface area (Å²) >= 11 is 0. The zero-order chi connectivity index (χ0) is 15.6. The number of amides is 1. The molecule has 1 unspecified atom stereocenters. The minimum absolute atomic E-state index is 0.112. The summed E-state index contributed by atoms with van der Waals surface area (Å²) < 4.78 is 6.73. The van der Waals surface area contributed by atoms with Crippen molar-refractivity contribution in [1.82, 2.24) is 19.9 Å². The largest absolute Gasteiger partial charge is 0.481 e. The molecule has 0 radical (unpaired) electrons. The van der Waals surface area contributed by atoms with Gasteiger partial charge in [0.05, 0.1) is 7.11 Å². The molecule has 1 amide bonds. The average molecular weight is 291 g/mol. The third-order valence-corrected chi connectivity index (χ3v) is 3.20. The number of methoxy groups -OCH3 is 1. The summed E-state index contributed by atoms with van der Waals surface area (Å²) in [4.78, 5) is 20.8. The highest BCUT2D eigenvalue weighted by Gasteiger charge is 2.21. The molecule has 7 heteroatoms.